The zero-order valence-corrected chi connectivity index (χ0v) is 14.4. The van der Waals surface area contributed by atoms with Crippen LogP contribution >= 0.6 is 0 Å². The number of hydrogen-bond acceptors (Lipinski definition) is 6. The Labute approximate surface area is 147 Å². The number of fused-ring (bicyclic) bond motifs is 1. The summed E-state index contributed by atoms with van der Waals surface area (Å²) in [5, 5.41) is 0. The maximum atomic E-state index is 12.9. The summed E-state index contributed by atoms with van der Waals surface area (Å²) in [7, 11) is 0. The van der Waals surface area contributed by atoms with Crippen molar-refractivity contribution in [1.82, 2.24) is 24.8 Å². The topological polar surface area (TPSA) is 65.5 Å². The summed E-state index contributed by atoms with van der Waals surface area (Å²) in [6.45, 7) is 6.51. The maximum absolute atomic E-state index is 12.9. The highest BCUT2D eigenvalue weighted by molar-refractivity contribution is 5.81. The predicted octanol–water partition coefficient (Wildman–Crippen LogP) is 0.924. The summed E-state index contributed by atoms with van der Waals surface area (Å²) >= 11 is 0. The molecule has 1 saturated heterocycles. The smallest absolute Gasteiger partial charge is 0.239 e. The summed E-state index contributed by atoms with van der Waals surface area (Å²) in [6, 6.07) is 5.74. The molecule has 0 aliphatic carbocycles. The van der Waals surface area contributed by atoms with Gasteiger partial charge in [-0.2, -0.15) is 0 Å². The Balaban J connectivity index is 1.35. The molecule has 4 heterocycles. The summed E-state index contributed by atoms with van der Waals surface area (Å²) < 4.78 is 0. The molecule has 1 unspecified atom stereocenters. The number of pyridine rings is 1. The summed E-state index contributed by atoms with van der Waals surface area (Å²) in [6.07, 6.45) is 5.32. The molecule has 1 atom stereocenters. The number of anilines is 1. The van der Waals surface area contributed by atoms with E-state index in [0.29, 0.717) is 13.1 Å². The molecule has 4 rings (SSSR count). The molecule has 2 aliphatic rings. The number of rotatable bonds is 3. The Bertz CT molecular complexity index is 719. The second kappa shape index (κ2) is 6.76. The number of carbonyl (C=O) groups is 1. The molecule has 0 aromatic carbocycles. The molecule has 0 bridgehead atoms. The summed E-state index contributed by atoms with van der Waals surface area (Å²) in [4.78, 5) is 32.2. The molecule has 2 aromatic heterocycles. The van der Waals surface area contributed by atoms with Crippen molar-refractivity contribution in [3.05, 3.63) is 48.0 Å². The highest BCUT2D eigenvalue weighted by atomic mass is 16.2. The van der Waals surface area contributed by atoms with Crippen LogP contribution in [-0.2, 0) is 17.9 Å². The molecule has 0 radical (unpaired) electrons. The van der Waals surface area contributed by atoms with Gasteiger partial charge in [0.15, 0.2) is 0 Å². The van der Waals surface area contributed by atoms with Crippen LogP contribution in [0.3, 0.4) is 0 Å². The van der Waals surface area contributed by atoms with Gasteiger partial charge in [0.05, 0.1) is 11.7 Å². The zero-order valence-electron chi connectivity index (χ0n) is 14.4. The zero-order chi connectivity index (χ0) is 17.2. The first kappa shape index (κ1) is 16.0. The van der Waals surface area contributed by atoms with Crippen molar-refractivity contribution in [2.75, 3.05) is 31.1 Å². The standard InChI is InChI=1S/C18H22N6O/c1-14(24-12-15-4-2-5-19-16(15)13-24)17(25)22-8-10-23(11-9-22)18-20-6-3-7-21-18/h2-7,14H,8-13H2,1H3. The van der Waals surface area contributed by atoms with Gasteiger partial charge in [-0.3, -0.25) is 14.7 Å². The van der Waals surface area contributed by atoms with Crippen molar-refractivity contribution in [2.24, 2.45) is 0 Å². The van der Waals surface area contributed by atoms with Crippen LogP contribution in [0.2, 0.25) is 0 Å². The van der Waals surface area contributed by atoms with E-state index in [1.807, 2.05) is 30.2 Å². The van der Waals surface area contributed by atoms with Crippen LogP contribution in [-0.4, -0.2) is 62.9 Å². The molecule has 25 heavy (non-hydrogen) atoms. The molecule has 2 aliphatic heterocycles. The molecule has 7 heteroatoms. The molecular weight excluding hydrogens is 316 g/mol. The van der Waals surface area contributed by atoms with Gasteiger partial charge in [-0.1, -0.05) is 6.07 Å². The number of hydrogen-bond donors (Lipinski definition) is 0. The van der Waals surface area contributed by atoms with E-state index in [2.05, 4.69) is 30.8 Å². The number of carbonyl (C=O) groups excluding carboxylic acids is 1. The Hall–Kier alpha value is -2.54. The van der Waals surface area contributed by atoms with E-state index in [4.69, 9.17) is 0 Å². The van der Waals surface area contributed by atoms with Gasteiger partial charge in [0, 0.05) is 57.9 Å². The van der Waals surface area contributed by atoms with Crippen LogP contribution in [0.1, 0.15) is 18.2 Å². The summed E-state index contributed by atoms with van der Waals surface area (Å²) in [5.74, 6) is 0.935. The Kier molecular flexibility index (Phi) is 4.31. The lowest BCUT2D eigenvalue weighted by molar-refractivity contribution is -0.137. The lowest BCUT2D eigenvalue weighted by atomic mass is 10.2. The molecule has 7 nitrogen and oxygen atoms in total. The van der Waals surface area contributed by atoms with Crippen molar-refractivity contribution < 1.29 is 4.79 Å². The van der Waals surface area contributed by atoms with Gasteiger partial charge in [-0.25, -0.2) is 9.97 Å². The average Bonchev–Trinajstić information content (AvgIpc) is 3.12. The van der Waals surface area contributed by atoms with Gasteiger partial charge < -0.3 is 9.80 Å². The van der Waals surface area contributed by atoms with E-state index in [1.165, 1.54) is 5.56 Å². The SMILES string of the molecule is CC(C(=O)N1CCN(c2ncccn2)CC1)N1Cc2cccnc2C1. The highest BCUT2D eigenvalue weighted by Gasteiger charge is 2.32. The molecule has 0 N–H and O–H groups in total. The second-order valence-corrected chi connectivity index (χ2v) is 6.55. The largest absolute Gasteiger partial charge is 0.338 e. The molecule has 1 amide bonds. The molecule has 2 aromatic rings. The van der Waals surface area contributed by atoms with Crippen molar-refractivity contribution in [3.63, 3.8) is 0 Å². The first-order chi connectivity index (χ1) is 12.2. The van der Waals surface area contributed by atoms with Crippen LogP contribution in [0.4, 0.5) is 5.95 Å². The minimum Gasteiger partial charge on any atom is -0.338 e. The third-order valence-corrected chi connectivity index (χ3v) is 5.04. The second-order valence-electron chi connectivity index (χ2n) is 6.55. The van der Waals surface area contributed by atoms with E-state index in [0.717, 1.165) is 37.8 Å². The van der Waals surface area contributed by atoms with Crippen molar-refractivity contribution >= 4 is 11.9 Å². The predicted molar refractivity (Wildman–Crippen MR) is 93.8 cm³/mol. The first-order valence-electron chi connectivity index (χ1n) is 8.70. The fourth-order valence-corrected chi connectivity index (χ4v) is 3.50. The number of amides is 1. The van der Waals surface area contributed by atoms with Gasteiger partial charge in [0.1, 0.15) is 0 Å². The van der Waals surface area contributed by atoms with E-state index in [9.17, 15) is 4.79 Å². The van der Waals surface area contributed by atoms with Gasteiger partial charge in [-0.15, -0.1) is 0 Å². The van der Waals surface area contributed by atoms with Gasteiger partial charge in [-0.05, 0) is 24.6 Å². The Morgan fingerprint density at radius 1 is 1.00 bits per heavy atom. The molecule has 0 saturated carbocycles. The van der Waals surface area contributed by atoms with Crippen LogP contribution in [0.15, 0.2) is 36.8 Å². The van der Waals surface area contributed by atoms with E-state index >= 15 is 0 Å². The van der Waals surface area contributed by atoms with E-state index < -0.39 is 0 Å². The van der Waals surface area contributed by atoms with Crippen LogP contribution in [0.25, 0.3) is 0 Å². The van der Waals surface area contributed by atoms with Gasteiger partial charge in [0.25, 0.3) is 0 Å². The minimum atomic E-state index is -0.131. The first-order valence-corrected chi connectivity index (χ1v) is 8.70. The summed E-state index contributed by atoms with van der Waals surface area (Å²) in [5.41, 5.74) is 2.32. The third-order valence-electron chi connectivity index (χ3n) is 5.04. The third kappa shape index (κ3) is 3.19. The maximum Gasteiger partial charge on any atom is 0.239 e. The van der Waals surface area contributed by atoms with Crippen LogP contribution in [0, 0.1) is 0 Å². The minimum absolute atomic E-state index is 0.131. The number of piperazine rings is 1. The van der Waals surface area contributed by atoms with E-state index in [-0.39, 0.29) is 11.9 Å². The van der Waals surface area contributed by atoms with Crippen molar-refractivity contribution in [3.8, 4) is 0 Å². The Morgan fingerprint density at radius 2 is 1.72 bits per heavy atom. The highest BCUT2D eigenvalue weighted by Crippen LogP contribution is 2.23. The quantitative estimate of drug-likeness (QED) is 0.829. The van der Waals surface area contributed by atoms with Crippen molar-refractivity contribution in [2.45, 2.75) is 26.1 Å². The van der Waals surface area contributed by atoms with Gasteiger partial charge >= 0.3 is 0 Å². The monoisotopic (exact) mass is 338 g/mol. The molecular formula is C18H22N6O. The normalized spacial score (nSPS) is 18.9. The van der Waals surface area contributed by atoms with Crippen LogP contribution in [0.5, 0.6) is 0 Å². The molecule has 0 spiro atoms. The average molecular weight is 338 g/mol. The fraction of sp³-hybridized carbons (Fsp3) is 0.444. The molecule has 1 fully saturated rings. The lowest BCUT2D eigenvalue weighted by Gasteiger charge is -2.37. The number of nitrogens with zero attached hydrogens (tertiary/aromatic N) is 6. The van der Waals surface area contributed by atoms with Crippen molar-refractivity contribution in [1.29, 1.82) is 0 Å². The van der Waals surface area contributed by atoms with E-state index in [1.54, 1.807) is 12.4 Å². The van der Waals surface area contributed by atoms with Gasteiger partial charge in [0.2, 0.25) is 11.9 Å². The van der Waals surface area contributed by atoms with Crippen LogP contribution < -0.4 is 4.90 Å². The molecule has 130 valence electrons. The lowest BCUT2D eigenvalue weighted by Crippen LogP contribution is -2.53. The number of aromatic nitrogens is 3. The fourth-order valence-electron chi connectivity index (χ4n) is 3.50. The Morgan fingerprint density at radius 3 is 2.44 bits per heavy atom.